The van der Waals surface area contributed by atoms with E-state index in [0.717, 1.165) is 5.56 Å². The number of benzene rings is 2. The Morgan fingerprint density at radius 3 is 2.28 bits per heavy atom. The largest absolute Gasteiger partial charge is 0.494 e. The van der Waals surface area contributed by atoms with E-state index in [-0.39, 0.29) is 29.0 Å². The summed E-state index contributed by atoms with van der Waals surface area (Å²) in [5.74, 6) is -0.367. The maximum Gasteiger partial charge on any atom is 0.241 e. The van der Waals surface area contributed by atoms with Crippen LogP contribution in [0.2, 0.25) is 0 Å². The van der Waals surface area contributed by atoms with Crippen LogP contribution < -0.4 is 15.2 Å². The highest BCUT2D eigenvalue weighted by Gasteiger charge is 2.32. The first kappa shape index (κ1) is 23.7. The second-order valence-corrected chi connectivity index (χ2v) is 9.48. The zero-order valence-corrected chi connectivity index (χ0v) is 18.9. The average Bonchev–Trinajstić information content (AvgIpc) is 2.79. The van der Waals surface area contributed by atoms with Crippen LogP contribution in [-0.4, -0.2) is 50.9 Å². The van der Waals surface area contributed by atoms with Crippen LogP contribution in [0.3, 0.4) is 0 Å². The molecule has 172 valence electrons. The van der Waals surface area contributed by atoms with Gasteiger partial charge >= 0.3 is 0 Å². The van der Waals surface area contributed by atoms with E-state index in [9.17, 15) is 18.0 Å². The van der Waals surface area contributed by atoms with Crippen LogP contribution in [0.5, 0.6) is 5.75 Å². The van der Waals surface area contributed by atoms with Gasteiger partial charge in [0.1, 0.15) is 11.8 Å². The molecule has 1 saturated heterocycles. The van der Waals surface area contributed by atoms with E-state index in [4.69, 9.17) is 10.5 Å². The van der Waals surface area contributed by atoms with Crippen molar-refractivity contribution in [1.82, 2.24) is 9.62 Å². The van der Waals surface area contributed by atoms with Crippen molar-refractivity contribution >= 4 is 21.8 Å². The molecule has 0 spiro atoms. The van der Waals surface area contributed by atoms with Crippen molar-refractivity contribution in [3.05, 3.63) is 60.2 Å². The van der Waals surface area contributed by atoms with Crippen molar-refractivity contribution in [2.75, 3.05) is 19.7 Å². The van der Waals surface area contributed by atoms with Gasteiger partial charge in [-0.25, -0.2) is 8.42 Å². The summed E-state index contributed by atoms with van der Waals surface area (Å²) in [5, 5.41) is 0. The van der Waals surface area contributed by atoms with Crippen LogP contribution in [0.4, 0.5) is 0 Å². The molecule has 2 aromatic rings. The van der Waals surface area contributed by atoms with E-state index in [1.54, 1.807) is 17.0 Å². The summed E-state index contributed by atoms with van der Waals surface area (Å²) in [5.41, 5.74) is 6.22. The van der Waals surface area contributed by atoms with Crippen molar-refractivity contribution < 1.29 is 22.7 Å². The fourth-order valence-corrected chi connectivity index (χ4v) is 4.96. The first-order valence-corrected chi connectivity index (χ1v) is 12.2. The molecule has 0 saturated carbocycles. The average molecular weight is 460 g/mol. The summed E-state index contributed by atoms with van der Waals surface area (Å²) in [6.07, 6.45) is 1.17. The van der Waals surface area contributed by atoms with Crippen LogP contribution in [-0.2, 0) is 26.0 Å². The number of rotatable bonds is 9. The van der Waals surface area contributed by atoms with Crippen molar-refractivity contribution in [3.63, 3.8) is 0 Å². The molecule has 0 unspecified atom stereocenters. The normalized spacial score (nSPS) is 15.8. The van der Waals surface area contributed by atoms with Crippen LogP contribution in [0.1, 0.15) is 25.3 Å². The third-order valence-electron chi connectivity index (χ3n) is 5.53. The number of sulfonamides is 1. The Bertz CT molecular complexity index is 1020. The summed E-state index contributed by atoms with van der Waals surface area (Å²) < 4.78 is 34.1. The standard InChI is InChI=1S/C23H29N3O5S/c1-2-31-19-8-10-20(11-9-19)32(29,30)25-21(16-17-6-4-3-5-7-17)23(28)26-14-12-18(13-15-26)22(24)27/h3-11,18,21,25H,2,12-16H2,1H3,(H2,24,27)/t21-/m1/s1. The third-order valence-corrected chi connectivity index (χ3v) is 7.02. The molecule has 1 heterocycles. The quantitative estimate of drug-likeness (QED) is 0.592. The molecule has 32 heavy (non-hydrogen) atoms. The summed E-state index contributed by atoms with van der Waals surface area (Å²) in [7, 11) is -3.95. The number of nitrogens with zero attached hydrogens (tertiary/aromatic N) is 1. The number of hydrogen-bond acceptors (Lipinski definition) is 5. The number of amides is 2. The molecule has 1 fully saturated rings. The van der Waals surface area contributed by atoms with Crippen LogP contribution in [0.25, 0.3) is 0 Å². The molecule has 2 aromatic carbocycles. The number of hydrogen-bond donors (Lipinski definition) is 2. The minimum atomic E-state index is -3.95. The number of likely N-dealkylation sites (tertiary alicyclic amines) is 1. The first-order chi connectivity index (χ1) is 15.3. The van der Waals surface area contributed by atoms with Gasteiger partial charge in [-0.1, -0.05) is 30.3 Å². The molecule has 3 N–H and O–H groups in total. The highest BCUT2D eigenvalue weighted by Crippen LogP contribution is 2.20. The van der Waals surface area contributed by atoms with Gasteiger partial charge in [-0.3, -0.25) is 9.59 Å². The molecule has 2 amide bonds. The van der Waals surface area contributed by atoms with E-state index < -0.39 is 16.1 Å². The van der Waals surface area contributed by atoms with Gasteiger partial charge in [-0.2, -0.15) is 4.72 Å². The molecule has 9 heteroatoms. The summed E-state index contributed by atoms with van der Waals surface area (Å²) in [4.78, 5) is 26.4. The molecule has 0 radical (unpaired) electrons. The highest BCUT2D eigenvalue weighted by molar-refractivity contribution is 7.89. The lowest BCUT2D eigenvalue weighted by Crippen LogP contribution is -2.52. The molecule has 8 nitrogen and oxygen atoms in total. The van der Waals surface area contributed by atoms with E-state index in [1.807, 2.05) is 37.3 Å². The Morgan fingerprint density at radius 1 is 1.09 bits per heavy atom. The predicted octanol–water partition coefficient (Wildman–Crippen LogP) is 1.70. The van der Waals surface area contributed by atoms with Crippen LogP contribution in [0.15, 0.2) is 59.5 Å². The Morgan fingerprint density at radius 2 is 1.72 bits per heavy atom. The fourth-order valence-electron chi connectivity index (χ4n) is 3.77. The summed E-state index contributed by atoms with van der Waals surface area (Å²) in [6, 6.07) is 14.4. The van der Waals surface area contributed by atoms with Crippen molar-refractivity contribution in [3.8, 4) is 5.75 Å². The fraction of sp³-hybridized carbons (Fsp3) is 0.391. The lowest BCUT2D eigenvalue weighted by Gasteiger charge is -2.33. The van der Waals surface area contributed by atoms with Gasteiger partial charge in [-0.15, -0.1) is 0 Å². The Hall–Kier alpha value is -2.91. The SMILES string of the molecule is CCOc1ccc(S(=O)(=O)N[C@H](Cc2ccccc2)C(=O)N2CCC(C(N)=O)CC2)cc1. The van der Waals surface area contributed by atoms with Crippen molar-refractivity contribution in [1.29, 1.82) is 0 Å². The smallest absolute Gasteiger partial charge is 0.241 e. The lowest BCUT2D eigenvalue weighted by atomic mass is 9.95. The second kappa shape index (κ2) is 10.6. The number of nitrogens with one attached hydrogen (secondary N) is 1. The summed E-state index contributed by atoms with van der Waals surface area (Å²) in [6.45, 7) is 3.05. The lowest BCUT2D eigenvalue weighted by molar-refractivity contribution is -0.136. The van der Waals surface area contributed by atoms with E-state index >= 15 is 0 Å². The van der Waals surface area contributed by atoms with Gasteiger partial charge < -0.3 is 15.4 Å². The molecule has 1 aliphatic heterocycles. The number of ether oxygens (including phenoxy) is 1. The van der Waals surface area contributed by atoms with Crippen molar-refractivity contribution in [2.24, 2.45) is 11.7 Å². The number of nitrogens with two attached hydrogens (primary N) is 1. The molecule has 3 rings (SSSR count). The van der Waals surface area contributed by atoms with Gasteiger partial charge in [0.05, 0.1) is 11.5 Å². The van der Waals surface area contributed by atoms with Crippen LogP contribution in [0, 0.1) is 5.92 Å². The summed E-state index contributed by atoms with van der Waals surface area (Å²) >= 11 is 0. The maximum atomic E-state index is 13.3. The highest BCUT2D eigenvalue weighted by atomic mass is 32.2. The molecule has 0 bridgehead atoms. The minimum Gasteiger partial charge on any atom is -0.494 e. The number of carbonyl (C=O) groups excluding carboxylic acids is 2. The maximum absolute atomic E-state index is 13.3. The van der Waals surface area contributed by atoms with E-state index in [0.29, 0.717) is 38.3 Å². The second-order valence-electron chi connectivity index (χ2n) is 7.77. The zero-order valence-electron chi connectivity index (χ0n) is 18.1. The van der Waals surface area contributed by atoms with Gasteiger partial charge in [0, 0.05) is 19.0 Å². The molecule has 0 aromatic heterocycles. The Labute approximate surface area is 188 Å². The molecule has 1 atom stereocenters. The number of piperidine rings is 1. The Balaban J connectivity index is 1.79. The Kier molecular flexibility index (Phi) is 7.87. The third kappa shape index (κ3) is 6.08. The van der Waals surface area contributed by atoms with Gasteiger partial charge in [0.15, 0.2) is 0 Å². The zero-order chi connectivity index (χ0) is 23.1. The monoisotopic (exact) mass is 459 g/mol. The number of primary amides is 1. The minimum absolute atomic E-state index is 0.0549. The van der Waals surface area contributed by atoms with Gasteiger partial charge in [0.25, 0.3) is 0 Å². The molecule has 0 aliphatic carbocycles. The van der Waals surface area contributed by atoms with Crippen LogP contribution >= 0.6 is 0 Å². The molecule has 1 aliphatic rings. The van der Waals surface area contributed by atoms with Gasteiger partial charge in [0.2, 0.25) is 21.8 Å². The van der Waals surface area contributed by atoms with E-state index in [2.05, 4.69) is 4.72 Å². The predicted molar refractivity (Wildman–Crippen MR) is 120 cm³/mol. The first-order valence-electron chi connectivity index (χ1n) is 10.7. The molecular weight excluding hydrogens is 430 g/mol. The van der Waals surface area contributed by atoms with Gasteiger partial charge in [-0.05, 0) is 56.0 Å². The van der Waals surface area contributed by atoms with Crippen molar-refractivity contribution in [2.45, 2.75) is 37.1 Å². The number of carbonyl (C=O) groups is 2. The topological polar surface area (TPSA) is 119 Å². The molecular formula is C23H29N3O5S. The van der Waals surface area contributed by atoms with E-state index in [1.165, 1.54) is 12.1 Å².